The molecule has 0 spiro atoms. The molecular weight excluding hydrogens is 494 g/mol. The van der Waals surface area contributed by atoms with Crippen molar-refractivity contribution in [2.45, 2.75) is 130 Å². The number of nitrogens with zero attached hydrogens (tertiary/aromatic N) is 3. The number of hydrogen-bond donors (Lipinski definition) is 2. The standard InChI is InChI=1S/C31H48ClN5O/c1-5-6-7-8-9-10-11-12-13-14-15-16-17-18-26(38)33-23-24-19-21-25(22-20-24)29-34-30-27(32)28(31(2,3)4)35-37(30)36-29/h19-22,35H,5-18,23H2,1-4H3,(H,33,38). The first-order chi connectivity index (χ1) is 18.3. The van der Waals surface area contributed by atoms with Crippen LogP contribution in [0.2, 0.25) is 5.02 Å². The number of nitrogens with one attached hydrogen (secondary N) is 2. The van der Waals surface area contributed by atoms with E-state index in [0.717, 1.165) is 29.7 Å². The van der Waals surface area contributed by atoms with Crippen LogP contribution in [0.25, 0.3) is 17.0 Å². The summed E-state index contributed by atoms with van der Waals surface area (Å²) in [7, 11) is 0. The molecule has 3 rings (SSSR count). The number of H-pyrrole nitrogens is 1. The summed E-state index contributed by atoms with van der Waals surface area (Å²) in [6.45, 7) is 9.11. The lowest BCUT2D eigenvalue weighted by Gasteiger charge is -2.16. The Kier molecular flexibility index (Phi) is 12.2. The lowest BCUT2D eigenvalue weighted by Crippen LogP contribution is -2.22. The molecule has 0 fully saturated rings. The lowest BCUT2D eigenvalue weighted by molar-refractivity contribution is -0.121. The Morgan fingerprint density at radius 3 is 1.97 bits per heavy atom. The fraction of sp³-hybridized carbons (Fsp3) is 0.645. The summed E-state index contributed by atoms with van der Waals surface area (Å²) < 4.78 is 1.64. The molecule has 0 radical (unpaired) electrons. The second-order valence-electron chi connectivity index (χ2n) is 11.7. The van der Waals surface area contributed by atoms with E-state index in [1.807, 2.05) is 24.3 Å². The first-order valence-corrected chi connectivity index (χ1v) is 15.2. The van der Waals surface area contributed by atoms with Crippen molar-refractivity contribution in [2.75, 3.05) is 0 Å². The van der Waals surface area contributed by atoms with Crippen LogP contribution in [0.1, 0.15) is 129 Å². The molecule has 1 amide bonds. The van der Waals surface area contributed by atoms with E-state index in [2.05, 4.69) is 48.2 Å². The first kappa shape index (κ1) is 30.2. The zero-order valence-electron chi connectivity index (χ0n) is 24.0. The normalized spacial score (nSPS) is 11.9. The van der Waals surface area contributed by atoms with Gasteiger partial charge in [-0.1, -0.05) is 141 Å². The van der Waals surface area contributed by atoms with E-state index in [4.69, 9.17) is 11.6 Å². The number of amides is 1. The summed E-state index contributed by atoms with van der Waals surface area (Å²) in [5, 5.41) is 11.5. The highest BCUT2D eigenvalue weighted by atomic mass is 35.5. The Bertz CT molecular complexity index is 1110. The van der Waals surface area contributed by atoms with E-state index in [0.29, 0.717) is 29.5 Å². The Hall–Kier alpha value is -2.34. The van der Waals surface area contributed by atoms with E-state index >= 15 is 0 Å². The van der Waals surface area contributed by atoms with Crippen LogP contribution in [-0.2, 0) is 16.8 Å². The summed E-state index contributed by atoms with van der Waals surface area (Å²) in [4.78, 5) is 16.9. The third kappa shape index (κ3) is 9.44. The topological polar surface area (TPSA) is 75.1 Å². The highest BCUT2D eigenvalue weighted by Gasteiger charge is 2.24. The van der Waals surface area contributed by atoms with Gasteiger partial charge in [-0.3, -0.25) is 9.89 Å². The van der Waals surface area contributed by atoms with Crippen LogP contribution < -0.4 is 5.32 Å². The summed E-state index contributed by atoms with van der Waals surface area (Å²) in [5.41, 5.74) is 3.42. The zero-order chi connectivity index (χ0) is 27.4. The zero-order valence-corrected chi connectivity index (χ0v) is 24.8. The summed E-state index contributed by atoms with van der Waals surface area (Å²) in [6.07, 6.45) is 17.7. The Balaban J connectivity index is 1.28. The molecule has 2 aromatic heterocycles. The molecular formula is C31H48ClN5O. The van der Waals surface area contributed by atoms with Gasteiger partial charge < -0.3 is 5.32 Å². The largest absolute Gasteiger partial charge is 0.352 e. The van der Waals surface area contributed by atoms with Crippen LogP contribution in [0.4, 0.5) is 0 Å². The van der Waals surface area contributed by atoms with Gasteiger partial charge in [0.05, 0.1) is 5.69 Å². The Morgan fingerprint density at radius 1 is 0.895 bits per heavy atom. The van der Waals surface area contributed by atoms with Crippen molar-refractivity contribution in [3.05, 3.63) is 40.5 Å². The molecule has 210 valence electrons. The molecule has 38 heavy (non-hydrogen) atoms. The molecule has 7 heteroatoms. The number of hydrogen-bond acceptors (Lipinski definition) is 3. The molecule has 3 aromatic rings. The van der Waals surface area contributed by atoms with Crippen LogP contribution in [-0.4, -0.2) is 25.7 Å². The first-order valence-electron chi connectivity index (χ1n) is 14.8. The van der Waals surface area contributed by atoms with Gasteiger partial charge in [-0.25, -0.2) is 4.98 Å². The van der Waals surface area contributed by atoms with Gasteiger partial charge in [0, 0.05) is 23.9 Å². The second kappa shape index (κ2) is 15.3. The maximum Gasteiger partial charge on any atom is 0.220 e. The van der Waals surface area contributed by atoms with Gasteiger partial charge in [0.25, 0.3) is 0 Å². The van der Waals surface area contributed by atoms with Crippen molar-refractivity contribution in [3.8, 4) is 11.4 Å². The summed E-state index contributed by atoms with van der Waals surface area (Å²) in [6, 6.07) is 8.00. The van der Waals surface area contributed by atoms with Gasteiger partial charge in [-0.05, 0) is 12.0 Å². The molecule has 0 unspecified atom stereocenters. The molecule has 2 heterocycles. The van der Waals surface area contributed by atoms with Crippen molar-refractivity contribution in [2.24, 2.45) is 0 Å². The maximum atomic E-state index is 12.3. The van der Waals surface area contributed by atoms with E-state index < -0.39 is 0 Å². The van der Waals surface area contributed by atoms with Crippen molar-refractivity contribution in [1.29, 1.82) is 0 Å². The predicted molar refractivity (Wildman–Crippen MR) is 159 cm³/mol. The predicted octanol–water partition coefficient (Wildman–Crippen LogP) is 8.77. The van der Waals surface area contributed by atoms with Crippen molar-refractivity contribution in [1.82, 2.24) is 25.1 Å². The van der Waals surface area contributed by atoms with Gasteiger partial charge in [0.2, 0.25) is 5.91 Å². The third-order valence-corrected chi connectivity index (χ3v) is 7.56. The Labute approximate surface area is 234 Å². The molecule has 0 bridgehead atoms. The number of aromatic nitrogens is 4. The number of rotatable bonds is 17. The van der Waals surface area contributed by atoms with E-state index in [-0.39, 0.29) is 11.3 Å². The van der Waals surface area contributed by atoms with Crippen LogP contribution >= 0.6 is 11.6 Å². The van der Waals surface area contributed by atoms with Gasteiger partial charge in [0.15, 0.2) is 11.5 Å². The molecule has 0 atom stereocenters. The molecule has 0 aliphatic carbocycles. The fourth-order valence-corrected chi connectivity index (χ4v) is 5.23. The molecule has 0 aliphatic heterocycles. The van der Waals surface area contributed by atoms with Gasteiger partial charge in [0.1, 0.15) is 5.02 Å². The summed E-state index contributed by atoms with van der Waals surface area (Å²) >= 11 is 6.54. The van der Waals surface area contributed by atoms with E-state index in [1.54, 1.807) is 4.63 Å². The molecule has 1 aromatic carbocycles. The average Bonchev–Trinajstić information content (AvgIpc) is 3.45. The highest BCUT2D eigenvalue weighted by molar-refractivity contribution is 6.34. The van der Waals surface area contributed by atoms with Gasteiger partial charge >= 0.3 is 0 Å². The number of unbranched alkanes of at least 4 members (excludes halogenated alkanes) is 12. The highest BCUT2D eigenvalue weighted by Crippen LogP contribution is 2.31. The lowest BCUT2D eigenvalue weighted by atomic mass is 9.92. The number of fused-ring (bicyclic) bond motifs is 1. The van der Waals surface area contributed by atoms with Crippen LogP contribution in [0.15, 0.2) is 24.3 Å². The number of halogens is 1. The fourth-order valence-electron chi connectivity index (χ4n) is 4.78. The second-order valence-corrected chi connectivity index (χ2v) is 12.1. The minimum Gasteiger partial charge on any atom is -0.352 e. The number of aromatic amines is 1. The molecule has 0 aliphatic rings. The minimum absolute atomic E-state index is 0.113. The molecule has 0 saturated carbocycles. The van der Waals surface area contributed by atoms with E-state index in [9.17, 15) is 4.79 Å². The smallest absolute Gasteiger partial charge is 0.220 e. The minimum atomic E-state index is -0.113. The molecule has 6 nitrogen and oxygen atoms in total. The van der Waals surface area contributed by atoms with Gasteiger partial charge in [-0.15, -0.1) is 5.10 Å². The number of benzene rings is 1. The SMILES string of the molecule is CCCCCCCCCCCCCCCC(=O)NCc1ccc(-c2nc3c(Cl)c(C(C)(C)C)[nH]n3n2)cc1. The Morgan fingerprint density at radius 2 is 1.45 bits per heavy atom. The quantitative estimate of drug-likeness (QED) is 0.168. The molecule has 2 N–H and O–H groups in total. The third-order valence-electron chi connectivity index (χ3n) is 7.20. The number of carbonyl (C=O) groups is 1. The molecule has 0 saturated heterocycles. The van der Waals surface area contributed by atoms with Crippen LogP contribution in [0, 0.1) is 0 Å². The van der Waals surface area contributed by atoms with Gasteiger partial charge in [-0.2, -0.15) is 4.63 Å². The van der Waals surface area contributed by atoms with Crippen molar-refractivity contribution in [3.63, 3.8) is 0 Å². The van der Waals surface area contributed by atoms with Crippen LogP contribution in [0.5, 0.6) is 0 Å². The van der Waals surface area contributed by atoms with Crippen molar-refractivity contribution < 1.29 is 4.79 Å². The summed E-state index contributed by atoms with van der Waals surface area (Å²) in [5.74, 6) is 0.753. The maximum absolute atomic E-state index is 12.3. The van der Waals surface area contributed by atoms with Crippen molar-refractivity contribution >= 4 is 23.2 Å². The monoisotopic (exact) mass is 541 g/mol. The average molecular weight is 542 g/mol. The van der Waals surface area contributed by atoms with Crippen LogP contribution in [0.3, 0.4) is 0 Å². The van der Waals surface area contributed by atoms with E-state index in [1.165, 1.54) is 70.6 Å². The number of carbonyl (C=O) groups excluding carboxylic acids is 1.